The number of carbonyl (C=O) groups excluding carboxylic acids is 2. The van der Waals surface area contributed by atoms with Gasteiger partial charge in [0, 0.05) is 86.9 Å². The molecule has 4 heterocycles. The predicted molar refractivity (Wildman–Crippen MR) is 183 cm³/mol. The number of amides is 2. The van der Waals surface area contributed by atoms with Crippen LogP contribution in [0.1, 0.15) is 93.6 Å². The molecule has 244 valence electrons. The number of aromatic nitrogens is 1. The number of piperazine rings is 1. The van der Waals surface area contributed by atoms with E-state index in [9.17, 15) is 9.59 Å². The summed E-state index contributed by atoms with van der Waals surface area (Å²) in [5.41, 5.74) is 5.21. The van der Waals surface area contributed by atoms with Gasteiger partial charge in [-0.1, -0.05) is 37.4 Å². The lowest BCUT2D eigenvalue weighted by Crippen LogP contribution is -2.59. The van der Waals surface area contributed by atoms with Crippen molar-refractivity contribution in [3.63, 3.8) is 0 Å². The molecule has 1 aromatic carbocycles. The summed E-state index contributed by atoms with van der Waals surface area (Å²) in [6, 6.07) is 9.68. The van der Waals surface area contributed by atoms with Crippen LogP contribution in [0.25, 0.3) is 0 Å². The summed E-state index contributed by atoms with van der Waals surface area (Å²) < 4.78 is 1.04. The van der Waals surface area contributed by atoms with Crippen molar-refractivity contribution in [1.82, 2.24) is 24.6 Å². The first-order valence-corrected chi connectivity index (χ1v) is 18.4. The van der Waals surface area contributed by atoms with Crippen molar-refractivity contribution in [3.05, 3.63) is 62.3 Å². The third-order valence-corrected chi connectivity index (χ3v) is 11.6. The summed E-state index contributed by atoms with van der Waals surface area (Å²) in [6.45, 7) is 10.3. The van der Waals surface area contributed by atoms with Gasteiger partial charge < -0.3 is 9.80 Å². The Labute approximate surface area is 282 Å². The van der Waals surface area contributed by atoms with Gasteiger partial charge in [0.05, 0.1) is 11.7 Å². The fourth-order valence-corrected chi connectivity index (χ4v) is 8.91. The molecule has 0 spiro atoms. The molecule has 1 aliphatic carbocycles. The lowest BCUT2D eigenvalue weighted by atomic mass is 9.91. The number of fused-ring (bicyclic) bond motifs is 2. The first kappa shape index (κ1) is 32.9. The van der Waals surface area contributed by atoms with E-state index in [4.69, 9.17) is 16.6 Å². The average Bonchev–Trinajstić information content (AvgIpc) is 3.20. The first-order chi connectivity index (χ1) is 21.8. The van der Waals surface area contributed by atoms with Crippen LogP contribution in [-0.2, 0) is 22.4 Å². The standard InChI is InChI=1S/C36H49BrClN5O2/c1-3-4-5-32-24-42(18-19-43(32)34(45)20-26-10-14-40(15-11-26)25(2)44)31-12-16-41(17-13-31)36-33-9-8-30(38)22-27(33)6-7-28-21-29(37)23-39-35(28)36/h8-9,21-23,26,31-32,36H,3-7,10-20,24H2,1-2H3. The van der Waals surface area contributed by atoms with Gasteiger partial charge >= 0.3 is 0 Å². The van der Waals surface area contributed by atoms with Crippen LogP contribution in [0, 0.1) is 5.92 Å². The molecule has 2 amide bonds. The highest BCUT2D eigenvalue weighted by Crippen LogP contribution is 2.39. The highest BCUT2D eigenvalue weighted by molar-refractivity contribution is 9.10. The van der Waals surface area contributed by atoms with E-state index in [1.54, 1.807) is 6.92 Å². The van der Waals surface area contributed by atoms with Gasteiger partial charge in [0.25, 0.3) is 0 Å². The second-order valence-electron chi connectivity index (χ2n) is 13.7. The zero-order chi connectivity index (χ0) is 31.5. The molecule has 4 aliphatic rings. The molecule has 3 saturated heterocycles. The number of piperidine rings is 2. The van der Waals surface area contributed by atoms with Crippen LogP contribution < -0.4 is 0 Å². The van der Waals surface area contributed by atoms with Gasteiger partial charge in [0.1, 0.15) is 0 Å². The van der Waals surface area contributed by atoms with Crippen molar-refractivity contribution >= 4 is 39.3 Å². The Balaban J connectivity index is 1.10. The Kier molecular flexibility index (Phi) is 10.8. The van der Waals surface area contributed by atoms with Crippen LogP contribution in [-0.4, -0.2) is 94.3 Å². The van der Waals surface area contributed by atoms with Gasteiger partial charge in [-0.2, -0.15) is 0 Å². The number of nitrogens with zero attached hydrogens (tertiary/aromatic N) is 5. The second-order valence-corrected chi connectivity index (χ2v) is 15.1. The number of rotatable bonds is 7. The number of hydrogen-bond acceptors (Lipinski definition) is 5. The smallest absolute Gasteiger partial charge is 0.223 e. The molecule has 2 unspecified atom stereocenters. The largest absolute Gasteiger partial charge is 0.343 e. The number of likely N-dealkylation sites (tertiary alicyclic amines) is 2. The van der Waals surface area contributed by atoms with Gasteiger partial charge in [-0.15, -0.1) is 0 Å². The monoisotopic (exact) mass is 697 g/mol. The lowest BCUT2D eigenvalue weighted by Gasteiger charge is -2.48. The van der Waals surface area contributed by atoms with Crippen LogP contribution in [0.3, 0.4) is 0 Å². The van der Waals surface area contributed by atoms with E-state index in [2.05, 4.69) is 55.8 Å². The highest BCUT2D eigenvalue weighted by Gasteiger charge is 2.38. The van der Waals surface area contributed by atoms with E-state index < -0.39 is 0 Å². The third kappa shape index (κ3) is 7.61. The van der Waals surface area contributed by atoms with Crippen LogP contribution >= 0.6 is 27.5 Å². The zero-order valence-electron chi connectivity index (χ0n) is 27.0. The van der Waals surface area contributed by atoms with Crippen LogP contribution in [0.4, 0.5) is 0 Å². The quantitative estimate of drug-likeness (QED) is 0.331. The molecule has 3 aliphatic heterocycles. The van der Waals surface area contributed by atoms with Gasteiger partial charge in [0.2, 0.25) is 11.8 Å². The van der Waals surface area contributed by atoms with Crippen molar-refractivity contribution in [2.24, 2.45) is 5.92 Å². The molecule has 2 aromatic rings. The second kappa shape index (κ2) is 14.8. The summed E-state index contributed by atoms with van der Waals surface area (Å²) in [7, 11) is 0. The minimum atomic E-state index is 0.151. The Hall–Kier alpha value is -2.00. The van der Waals surface area contributed by atoms with Crippen LogP contribution in [0.5, 0.6) is 0 Å². The number of carbonyl (C=O) groups is 2. The fraction of sp³-hybridized carbons (Fsp3) is 0.639. The Morgan fingerprint density at radius 3 is 2.44 bits per heavy atom. The molecule has 2 atom stereocenters. The average molecular weight is 699 g/mol. The van der Waals surface area contributed by atoms with E-state index >= 15 is 0 Å². The van der Waals surface area contributed by atoms with E-state index in [-0.39, 0.29) is 11.9 Å². The highest BCUT2D eigenvalue weighted by atomic mass is 79.9. The summed E-state index contributed by atoms with van der Waals surface area (Å²) in [5.74, 6) is 0.880. The van der Waals surface area contributed by atoms with Crippen molar-refractivity contribution < 1.29 is 9.59 Å². The fourth-order valence-electron chi connectivity index (χ4n) is 8.33. The van der Waals surface area contributed by atoms with Gasteiger partial charge in [-0.25, -0.2) is 0 Å². The molecule has 7 nitrogen and oxygen atoms in total. The summed E-state index contributed by atoms with van der Waals surface area (Å²) >= 11 is 10.1. The Morgan fingerprint density at radius 1 is 0.956 bits per heavy atom. The SMILES string of the molecule is CCCCC1CN(C2CCN(C3c4ccc(Cl)cc4CCc4cc(Br)cnc43)CC2)CCN1C(=O)CC1CCN(C(C)=O)CC1. The summed E-state index contributed by atoms with van der Waals surface area (Å²) in [6.07, 6.45) is 12.1. The van der Waals surface area contributed by atoms with E-state index in [0.29, 0.717) is 30.3 Å². The molecule has 9 heteroatoms. The number of aryl methyl sites for hydroxylation is 2. The maximum absolute atomic E-state index is 13.6. The van der Waals surface area contributed by atoms with Crippen molar-refractivity contribution in [2.45, 2.75) is 96.2 Å². The minimum absolute atomic E-state index is 0.151. The minimum Gasteiger partial charge on any atom is -0.343 e. The number of pyridine rings is 1. The topological polar surface area (TPSA) is 60.0 Å². The van der Waals surface area contributed by atoms with Gasteiger partial charge in [0.15, 0.2) is 0 Å². The molecule has 0 saturated carbocycles. The number of halogens is 2. The number of hydrogen-bond donors (Lipinski definition) is 0. The number of unbranched alkanes of at least 4 members (excludes halogenated alkanes) is 1. The molecule has 45 heavy (non-hydrogen) atoms. The molecule has 0 bridgehead atoms. The Bertz CT molecular complexity index is 1300. The molecule has 3 fully saturated rings. The first-order valence-electron chi connectivity index (χ1n) is 17.3. The lowest BCUT2D eigenvalue weighted by molar-refractivity contribution is -0.138. The van der Waals surface area contributed by atoms with Gasteiger partial charge in [-0.3, -0.25) is 24.4 Å². The zero-order valence-corrected chi connectivity index (χ0v) is 29.4. The summed E-state index contributed by atoms with van der Waals surface area (Å²) in [5, 5.41) is 0.805. The van der Waals surface area contributed by atoms with Crippen molar-refractivity contribution in [1.29, 1.82) is 0 Å². The van der Waals surface area contributed by atoms with Crippen molar-refractivity contribution in [2.75, 3.05) is 45.8 Å². The molecular weight excluding hydrogens is 650 g/mol. The maximum atomic E-state index is 13.6. The molecular formula is C36H49BrClN5O2. The van der Waals surface area contributed by atoms with Gasteiger partial charge in [-0.05, 0) is 102 Å². The molecule has 6 rings (SSSR count). The third-order valence-electron chi connectivity index (χ3n) is 10.9. The van der Waals surface area contributed by atoms with Crippen LogP contribution in [0.15, 0.2) is 34.9 Å². The van der Waals surface area contributed by atoms with E-state index in [1.165, 1.54) is 22.4 Å². The normalized spacial score (nSPS) is 23.8. The molecule has 0 radical (unpaired) electrons. The summed E-state index contributed by atoms with van der Waals surface area (Å²) in [4.78, 5) is 39.9. The van der Waals surface area contributed by atoms with E-state index in [1.807, 2.05) is 17.2 Å². The number of benzene rings is 1. The maximum Gasteiger partial charge on any atom is 0.223 e. The van der Waals surface area contributed by atoms with E-state index in [0.717, 1.165) is 113 Å². The molecule has 0 N–H and O–H groups in total. The van der Waals surface area contributed by atoms with Crippen molar-refractivity contribution in [3.8, 4) is 0 Å². The molecule has 1 aromatic heterocycles. The predicted octanol–water partition coefficient (Wildman–Crippen LogP) is 6.50. The Morgan fingerprint density at radius 2 is 1.71 bits per heavy atom. The van der Waals surface area contributed by atoms with Crippen LogP contribution in [0.2, 0.25) is 5.02 Å².